The number of aliphatic hydroxyl groups is 2. The molecule has 0 aromatic heterocycles. The first kappa shape index (κ1) is 17.7. The molecule has 2 aliphatic carbocycles. The molecular weight excluding hydrogens is 304 g/mol. The lowest BCUT2D eigenvalue weighted by Crippen LogP contribution is -2.53. The van der Waals surface area contributed by atoms with Crippen molar-refractivity contribution in [3.05, 3.63) is 23.3 Å². The molecule has 0 spiro atoms. The summed E-state index contributed by atoms with van der Waals surface area (Å²) in [4.78, 5) is 11.8. The molecule has 1 heterocycles. The van der Waals surface area contributed by atoms with Gasteiger partial charge in [-0.25, -0.2) is 4.79 Å². The number of hydrogen-bond donors (Lipinski definition) is 2. The summed E-state index contributed by atoms with van der Waals surface area (Å²) in [5.41, 5.74) is 1.61. The van der Waals surface area contributed by atoms with Crippen molar-refractivity contribution in [2.45, 2.75) is 52.4 Å². The van der Waals surface area contributed by atoms with E-state index < -0.39 is 0 Å². The molecule has 0 aromatic rings. The number of allylic oxidation sites excluding steroid dienone is 1. The van der Waals surface area contributed by atoms with E-state index in [1.807, 2.05) is 6.08 Å². The summed E-state index contributed by atoms with van der Waals surface area (Å²) >= 11 is 0. The highest BCUT2D eigenvalue weighted by molar-refractivity contribution is 5.90. The van der Waals surface area contributed by atoms with Crippen molar-refractivity contribution in [1.82, 2.24) is 0 Å². The van der Waals surface area contributed by atoms with Crippen molar-refractivity contribution < 1.29 is 19.7 Å². The number of fused-ring (bicyclic) bond motifs is 1. The van der Waals surface area contributed by atoms with Crippen molar-refractivity contribution in [3.63, 3.8) is 0 Å². The van der Waals surface area contributed by atoms with Crippen LogP contribution in [0.1, 0.15) is 52.4 Å². The first-order valence-electron chi connectivity index (χ1n) is 9.25. The largest absolute Gasteiger partial charge is 0.458 e. The standard InChI is InChI=1S/C20H30O4/c1-14-6-10-20(13-22)16(12-21)4-3-5-17(20)19(14,2)9-7-15-8-11-24-18(15)23/h4,8,14,17,21-22H,3,5-7,9-13H2,1-2H3/t14-,17-,19+,20-/m1/s1. The number of rotatable bonds is 5. The number of ether oxygens (including phenoxy) is 1. The Morgan fingerprint density at radius 3 is 2.71 bits per heavy atom. The van der Waals surface area contributed by atoms with Crippen molar-refractivity contribution >= 4 is 5.97 Å². The van der Waals surface area contributed by atoms with Gasteiger partial charge in [-0.2, -0.15) is 0 Å². The van der Waals surface area contributed by atoms with Gasteiger partial charge in [-0.3, -0.25) is 0 Å². The van der Waals surface area contributed by atoms with Crippen LogP contribution in [0.2, 0.25) is 0 Å². The Morgan fingerprint density at radius 1 is 1.29 bits per heavy atom. The quantitative estimate of drug-likeness (QED) is 0.599. The third-order valence-corrected chi connectivity index (χ3v) is 7.29. The fourth-order valence-corrected chi connectivity index (χ4v) is 5.51. The minimum Gasteiger partial charge on any atom is -0.458 e. The average molecular weight is 334 g/mol. The van der Waals surface area contributed by atoms with Gasteiger partial charge >= 0.3 is 5.97 Å². The van der Waals surface area contributed by atoms with Crippen molar-refractivity contribution in [2.75, 3.05) is 19.8 Å². The van der Waals surface area contributed by atoms with Gasteiger partial charge in [0, 0.05) is 11.0 Å². The lowest BCUT2D eigenvalue weighted by Gasteiger charge is -2.58. The maximum absolute atomic E-state index is 11.8. The molecule has 3 aliphatic rings. The monoisotopic (exact) mass is 334 g/mol. The number of cyclic esters (lactones) is 1. The Balaban J connectivity index is 1.87. The maximum atomic E-state index is 11.8. The number of esters is 1. The summed E-state index contributed by atoms with van der Waals surface area (Å²) in [6, 6.07) is 0. The van der Waals surface area contributed by atoms with E-state index >= 15 is 0 Å². The van der Waals surface area contributed by atoms with Crippen molar-refractivity contribution in [2.24, 2.45) is 22.7 Å². The van der Waals surface area contributed by atoms with Gasteiger partial charge in [-0.05, 0) is 67.4 Å². The second-order valence-corrected chi connectivity index (χ2v) is 8.11. The Morgan fingerprint density at radius 2 is 2.08 bits per heavy atom. The zero-order chi connectivity index (χ0) is 17.4. The lowest BCUT2D eigenvalue weighted by molar-refractivity contribution is -0.136. The molecule has 1 fully saturated rings. The van der Waals surface area contributed by atoms with E-state index in [9.17, 15) is 15.0 Å². The van der Waals surface area contributed by atoms with Crippen LogP contribution in [0.25, 0.3) is 0 Å². The topological polar surface area (TPSA) is 66.8 Å². The molecule has 0 aromatic carbocycles. The smallest absolute Gasteiger partial charge is 0.334 e. The number of carbonyl (C=O) groups excluding carboxylic acids is 1. The third-order valence-electron chi connectivity index (χ3n) is 7.29. The highest BCUT2D eigenvalue weighted by Crippen LogP contribution is 2.61. The van der Waals surface area contributed by atoms with Gasteiger partial charge in [-0.15, -0.1) is 0 Å². The Hall–Kier alpha value is -1.13. The van der Waals surface area contributed by atoms with E-state index in [2.05, 4.69) is 19.9 Å². The molecule has 4 nitrogen and oxygen atoms in total. The zero-order valence-corrected chi connectivity index (χ0v) is 14.9. The minimum atomic E-state index is -0.279. The molecule has 24 heavy (non-hydrogen) atoms. The molecule has 1 aliphatic heterocycles. The Labute approximate surface area is 144 Å². The van der Waals surface area contributed by atoms with E-state index in [-0.39, 0.29) is 30.0 Å². The Bertz CT molecular complexity index is 564. The highest BCUT2D eigenvalue weighted by Gasteiger charge is 2.55. The highest BCUT2D eigenvalue weighted by atomic mass is 16.5. The second-order valence-electron chi connectivity index (χ2n) is 8.11. The normalized spacial score (nSPS) is 39.1. The fourth-order valence-electron chi connectivity index (χ4n) is 5.51. The fraction of sp³-hybridized carbons (Fsp3) is 0.750. The number of hydrogen-bond acceptors (Lipinski definition) is 4. The van der Waals surface area contributed by atoms with Crippen LogP contribution in [0, 0.1) is 22.7 Å². The molecular formula is C20H30O4. The van der Waals surface area contributed by atoms with Crippen LogP contribution < -0.4 is 0 Å². The summed E-state index contributed by atoms with van der Waals surface area (Å²) in [6.07, 6.45) is 9.73. The molecule has 3 rings (SSSR count). The summed E-state index contributed by atoms with van der Waals surface area (Å²) in [7, 11) is 0. The molecule has 4 atom stereocenters. The predicted molar refractivity (Wildman–Crippen MR) is 92.2 cm³/mol. The molecule has 0 amide bonds. The van der Waals surface area contributed by atoms with Crippen LogP contribution in [-0.2, 0) is 9.53 Å². The summed E-state index contributed by atoms with van der Waals surface area (Å²) < 4.78 is 5.03. The van der Waals surface area contributed by atoms with E-state index in [0.717, 1.165) is 49.7 Å². The van der Waals surface area contributed by atoms with Gasteiger partial charge in [0.1, 0.15) is 6.61 Å². The van der Waals surface area contributed by atoms with E-state index in [1.165, 1.54) is 0 Å². The van der Waals surface area contributed by atoms with E-state index in [1.54, 1.807) is 0 Å². The molecule has 0 radical (unpaired) electrons. The molecule has 2 N–H and O–H groups in total. The first-order chi connectivity index (χ1) is 11.5. The van der Waals surface area contributed by atoms with Crippen LogP contribution in [0.15, 0.2) is 23.3 Å². The second kappa shape index (κ2) is 6.64. The summed E-state index contributed by atoms with van der Waals surface area (Å²) in [6.45, 7) is 5.19. The maximum Gasteiger partial charge on any atom is 0.334 e. The number of carbonyl (C=O) groups is 1. The van der Waals surface area contributed by atoms with Crippen molar-refractivity contribution in [3.8, 4) is 0 Å². The minimum absolute atomic E-state index is 0.0407. The van der Waals surface area contributed by atoms with Gasteiger partial charge < -0.3 is 14.9 Å². The molecule has 134 valence electrons. The third kappa shape index (κ3) is 2.64. The zero-order valence-electron chi connectivity index (χ0n) is 14.9. The van der Waals surface area contributed by atoms with Crippen LogP contribution in [0.4, 0.5) is 0 Å². The summed E-state index contributed by atoms with van der Waals surface area (Å²) in [5, 5.41) is 20.1. The van der Waals surface area contributed by atoms with Crippen LogP contribution in [0.3, 0.4) is 0 Å². The first-order valence-corrected chi connectivity index (χ1v) is 9.25. The van der Waals surface area contributed by atoms with Crippen molar-refractivity contribution in [1.29, 1.82) is 0 Å². The molecule has 1 saturated carbocycles. The van der Waals surface area contributed by atoms with Gasteiger partial charge in [0.25, 0.3) is 0 Å². The summed E-state index contributed by atoms with van der Waals surface area (Å²) in [5.74, 6) is 0.720. The molecule has 0 bridgehead atoms. The van der Waals surface area contributed by atoms with Gasteiger partial charge in [0.2, 0.25) is 0 Å². The SMILES string of the molecule is C[C@@H]1CC[C@@]2(CO)C(CO)=CCC[C@@H]2[C@@]1(C)CCC1=CCOC1=O. The van der Waals surface area contributed by atoms with E-state index in [0.29, 0.717) is 18.4 Å². The lowest BCUT2D eigenvalue weighted by atomic mass is 9.46. The molecule has 0 unspecified atom stereocenters. The molecule has 4 heteroatoms. The van der Waals surface area contributed by atoms with Crippen LogP contribution >= 0.6 is 0 Å². The number of aliphatic hydroxyl groups excluding tert-OH is 2. The predicted octanol–water partition coefficient (Wildman–Crippen LogP) is 2.99. The van der Waals surface area contributed by atoms with Crippen LogP contribution in [0.5, 0.6) is 0 Å². The Kier molecular flexibility index (Phi) is 4.89. The van der Waals surface area contributed by atoms with Gasteiger partial charge in [0.05, 0.1) is 13.2 Å². The van der Waals surface area contributed by atoms with Crippen LogP contribution in [-0.4, -0.2) is 36.0 Å². The van der Waals surface area contributed by atoms with E-state index in [4.69, 9.17) is 4.74 Å². The average Bonchev–Trinajstić information content (AvgIpc) is 3.01. The van der Waals surface area contributed by atoms with Gasteiger partial charge in [-0.1, -0.05) is 19.9 Å². The van der Waals surface area contributed by atoms with Gasteiger partial charge in [0.15, 0.2) is 0 Å². The molecule has 0 saturated heterocycles.